The molecule has 2 atom stereocenters. The van der Waals surface area contributed by atoms with Crippen LogP contribution in [0, 0.1) is 23.7 Å². The van der Waals surface area contributed by atoms with E-state index in [1.54, 1.807) is 0 Å². The smallest absolute Gasteiger partial charge is 0.113 e. The van der Waals surface area contributed by atoms with Gasteiger partial charge in [-0.25, -0.2) is 0 Å². The van der Waals surface area contributed by atoms with Crippen molar-refractivity contribution in [3.8, 4) is 6.07 Å². The number of ether oxygens (including phenoxy) is 1. The SMILES string of the molecule is Cc1ccc(C(O)C2(C#N)CCOC2)s1. The third kappa shape index (κ3) is 1.78. The second kappa shape index (κ2) is 3.93. The monoisotopic (exact) mass is 223 g/mol. The fourth-order valence-electron chi connectivity index (χ4n) is 1.82. The lowest BCUT2D eigenvalue weighted by Crippen LogP contribution is -2.27. The van der Waals surface area contributed by atoms with E-state index < -0.39 is 11.5 Å². The van der Waals surface area contributed by atoms with Gasteiger partial charge in [-0.1, -0.05) is 0 Å². The first kappa shape index (κ1) is 10.6. The molecule has 4 heteroatoms. The van der Waals surface area contributed by atoms with Crippen LogP contribution in [0.1, 0.15) is 22.3 Å². The second-order valence-corrected chi connectivity index (χ2v) is 5.24. The highest BCUT2D eigenvalue weighted by Gasteiger charge is 2.43. The topological polar surface area (TPSA) is 53.2 Å². The summed E-state index contributed by atoms with van der Waals surface area (Å²) in [5.74, 6) is 0. The highest BCUT2D eigenvalue weighted by molar-refractivity contribution is 7.12. The third-order valence-electron chi connectivity index (χ3n) is 2.83. The van der Waals surface area contributed by atoms with Gasteiger partial charge in [0.2, 0.25) is 0 Å². The molecule has 3 nitrogen and oxygen atoms in total. The van der Waals surface area contributed by atoms with Gasteiger partial charge in [-0.2, -0.15) is 5.26 Å². The molecule has 0 aliphatic carbocycles. The molecule has 15 heavy (non-hydrogen) atoms. The molecule has 2 unspecified atom stereocenters. The first-order valence-corrected chi connectivity index (χ1v) is 5.73. The number of rotatable bonds is 2. The van der Waals surface area contributed by atoms with Crippen molar-refractivity contribution >= 4 is 11.3 Å². The summed E-state index contributed by atoms with van der Waals surface area (Å²) < 4.78 is 5.22. The average molecular weight is 223 g/mol. The van der Waals surface area contributed by atoms with Crippen molar-refractivity contribution in [2.24, 2.45) is 5.41 Å². The minimum Gasteiger partial charge on any atom is -0.386 e. The molecule has 0 spiro atoms. The van der Waals surface area contributed by atoms with Crippen LogP contribution in [0.4, 0.5) is 0 Å². The van der Waals surface area contributed by atoms with Gasteiger partial charge >= 0.3 is 0 Å². The molecule has 1 aliphatic rings. The number of hydrogen-bond acceptors (Lipinski definition) is 4. The molecule has 0 bridgehead atoms. The molecule has 0 amide bonds. The number of nitrogens with zero attached hydrogens (tertiary/aromatic N) is 1. The van der Waals surface area contributed by atoms with Crippen LogP contribution < -0.4 is 0 Å². The maximum atomic E-state index is 10.2. The second-order valence-electron chi connectivity index (χ2n) is 3.92. The van der Waals surface area contributed by atoms with Gasteiger partial charge in [-0.3, -0.25) is 0 Å². The van der Waals surface area contributed by atoms with Gasteiger partial charge in [0.05, 0.1) is 12.7 Å². The zero-order chi connectivity index (χ0) is 10.9. The Labute approximate surface area is 92.9 Å². The van der Waals surface area contributed by atoms with Crippen molar-refractivity contribution < 1.29 is 9.84 Å². The van der Waals surface area contributed by atoms with E-state index in [0.717, 1.165) is 9.75 Å². The van der Waals surface area contributed by atoms with E-state index in [0.29, 0.717) is 19.6 Å². The largest absolute Gasteiger partial charge is 0.386 e. The van der Waals surface area contributed by atoms with Crippen LogP contribution in [0.15, 0.2) is 12.1 Å². The van der Waals surface area contributed by atoms with Crippen LogP contribution >= 0.6 is 11.3 Å². The Balaban J connectivity index is 2.26. The van der Waals surface area contributed by atoms with Crippen molar-refractivity contribution in [2.75, 3.05) is 13.2 Å². The number of thiophene rings is 1. The third-order valence-corrected chi connectivity index (χ3v) is 3.88. The highest BCUT2D eigenvalue weighted by Crippen LogP contribution is 2.42. The van der Waals surface area contributed by atoms with Gasteiger partial charge in [-0.05, 0) is 25.5 Å². The zero-order valence-electron chi connectivity index (χ0n) is 8.56. The molecule has 1 aromatic rings. The molecule has 1 aromatic heterocycles. The molecule has 1 fully saturated rings. The number of aliphatic hydroxyl groups is 1. The van der Waals surface area contributed by atoms with Gasteiger partial charge in [0, 0.05) is 16.4 Å². The zero-order valence-corrected chi connectivity index (χ0v) is 9.38. The fourth-order valence-corrected chi connectivity index (χ4v) is 2.80. The molecule has 0 aromatic carbocycles. The van der Waals surface area contributed by atoms with Crippen molar-refractivity contribution in [3.05, 3.63) is 21.9 Å². The van der Waals surface area contributed by atoms with Crippen LogP contribution in [0.3, 0.4) is 0 Å². The van der Waals surface area contributed by atoms with Crippen LogP contribution in [-0.4, -0.2) is 18.3 Å². The van der Waals surface area contributed by atoms with Gasteiger partial charge in [0.15, 0.2) is 0 Å². The predicted octanol–water partition coefficient (Wildman–Crippen LogP) is 2.02. The molecule has 80 valence electrons. The van der Waals surface area contributed by atoms with Crippen molar-refractivity contribution in [2.45, 2.75) is 19.4 Å². The first-order chi connectivity index (χ1) is 7.18. The molecule has 1 saturated heterocycles. The molecular formula is C11H13NO2S. The quantitative estimate of drug-likeness (QED) is 0.834. The summed E-state index contributed by atoms with van der Waals surface area (Å²) in [5.41, 5.74) is -0.739. The van der Waals surface area contributed by atoms with E-state index in [4.69, 9.17) is 10.00 Å². The molecule has 0 saturated carbocycles. The fraction of sp³-hybridized carbons (Fsp3) is 0.545. The number of nitriles is 1. The normalized spacial score (nSPS) is 27.5. The van der Waals surface area contributed by atoms with E-state index in [1.165, 1.54) is 11.3 Å². The maximum Gasteiger partial charge on any atom is 0.113 e. The van der Waals surface area contributed by atoms with E-state index >= 15 is 0 Å². The van der Waals surface area contributed by atoms with E-state index in [2.05, 4.69) is 6.07 Å². The first-order valence-electron chi connectivity index (χ1n) is 4.91. The Kier molecular flexibility index (Phi) is 2.79. The summed E-state index contributed by atoms with van der Waals surface area (Å²) in [6.07, 6.45) is -0.106. The minimum absolute atomic E-state index is 0.335. The minimum atomic E-state index is -0.739. The van der Waals surface area contributed by atoms with Gasteiger partial charge < -0.3 is 9.84 Å². The van der Waals surface area contributed by atoms with Crippen LogP contribution in [0.5, 0.6) is 0 Å². The van der Waals surface area contributed by atoms with Crippen molar-refractivity contribution in [3.63, 3.8) is 0 Å². The Morgan fingerprint density at radius 3 is 2.93 bits per heavy atom. The van der Waals surface area contributed by atoms with Gasteiger partial charge in [0.1, 0.15) is 11.5 Å². The standard InChI is InChI=1S/C11H13NO2S/c1-8-2-3-9(15-8)10(13)11(6-12)4-5-14-7-11/h2-3,10,13H,4-5,7H2,1H3. The Hall–Kier alpha value is -0.890. The Morgan fingerprint density at radius 1 is 1.67 bits per heavy atom. The van der Waals surface area contributed by atoms with Crippen LogP contribution in [-0.2, 0) is 4.74 Å². The lowest BCUT2D eigenvalue weighted by Gasteiger charge is -2.24. The van der Waals surface area contributed by atoms with Crippen molar-refractivity contribution in [1.29, 1.82) is 5.26 Å². The van der Waals surface area contributed by atoms with Crippen LogP contribution in [0.2, 0.25) is 0 Å². The molecule has 0 radical (unpaired) electrons. The van der Waals surface area contributed by atoms with Crippen LogP contribution in [0.25, 0.3) is 0 Å². The van der Waals surface area contributed by atoms with Gasteiger partial charge in [0.25, 0.3) is 0 Å². The number of aliphatic hydroxyl groups excluding tert-OH is 1. The summed E-state index contributed by atoms with van der Waals surface area (Å²) in [6, 6.07) is 6.07. The van der Waals surface area contributed by atoms with E-state index in [-0.39, 0.29) is 0 Å². The molecular weight excluding hydrogens is 210 g/mol. The van der Waals surface area contributed by atoms with E-state index in [9.17, 15) is 5.11 Å². The summed E-state index contributed by atoms with van der Waals surface area (Å²) >= 11 is 1.54. The summed E-state index contributed by atoms with van der Waals surface area (Å²) in [6.45, 7) is 2.89. The van der Waals surface area contributed by atoms with Crippen molar-refractivity contribution in [1.82, 2.24) is 0 Å². The predicted molar refractivity (Wildman–Crippen MR) is 57.5 cm³/mol. The van der Waals surface area contributed by atoms with Gasteiger partial charge in [-0.15, -0.1) is 11.3 Å². The summed E-state index contributed by atoms with van der Waals surface area (Å²) in [7, 11) is 0. The molecule has 2 heterocycles. The average Bonchev–Trinajstić information content (AvgIpc) is 2.86. The molecule has 2 rings (SSSR count). The summed E-state index contributed by atoms with van der Waals surface area (Å²) in [5, 5.41) is 19.4. The maximum absolute atomic E-state index is 10.2. The van der Waals surface area contributed by atoms with E-state index in [1.807, 2.05) is 19.1 Å². The Morgan fingerprint density at radius 2 is 2.47 bits per heavy atom. The summed E-state index contributed by atoms with van der Waals surface area (Å²) in [4.78, 5) is 2.01. The Bertz CT molecular complexity index is 388. The number of hydrogen-bond donors (Lipinski definition) is 1. The number of aryl methyl sites for hydroxylation is 1. The molecule has 1 N–H and O–H groups in total. The lowest BCUT2D eigenvalue weighted by atomic mass is 9.82. The molecule has 1 aliphatic heterocycles. The lowest BCUT2D eigenvalue weighted by molar-refractivity contribution is 0.0530. The highest BCUT2D eigenvalue weighted by atomic mass is 32.1.